The third-order valence-corrected chi connectivity index (χ3v) is 3.50. The number of hydroxylamine groups is 1. The highest BCUT2D eigenvalue weighted by Crippen LogP contribution is 2.24. The van der Waals surface area contributed by atoms with Gasteiger partial charge in [-0.2, -0.15) is 0 Å². The zero-order chi connectivity index (χ0) is 19.6. The average molecular weight is 370 g/mol. The lowest BCUT2D eigenvalue weighted by atomic mass is 10.1. The Labute approximate surface area is 155 Å². The summed E-state index contributed by atoms with van der Waals surface area (Å²) in [6, 6.07) is 14.1. The van der Waals surface area contributed by atoms with Crippen molar-refractivity contribution in [3.8, 4) is 5.75 Å². The molecule has 0 aliphatic rings. The fraction of sp³-hybridized carbons (Fsp3) is 0.105. The number of aromatic hydroxyl groups is 1. The Morgan fingerprint density at radius 3 is 2.33 bits per heavy atom. The van der Waals surface area contributed by atoms with E-state index in [-0.39, 0.29) is 12.2 Å². The van der Waals surface area contributed by atoms with Gasteiger partial charge in [0.2, 0.25) is 0 Å². The van der Waals surface area contributed by atoms with Crippen LogP contribution in [-0.2, 0) is 9.53 Å². The van der Waals surface area contributed by atoms with Crippen molar-refractivity contribution < 1.29 is 29.4 Å². The molecule has 1 atom stereocenters. The Morgan fingerprint density at radius 1 is 1.04 bits per heavy atom. The molecule has 3 amide bonds. The Hall–Kier alpha value is -3.65. The SMILES string of the molecule is O=C(/C=C/C[C@H](OC(=O)NC(=O)c1ccccc1)c1ccc(O)cc1)NO. The quantitative estimate of drug-likeness (QED) is 0.352. The number of nitrogens with one attached hydrogen (secondary N) is 2. The maximum atomic E-state index is 12.1. The molecule has 140 valence electrons. The summed E-state index contributed by atoms with van der Waals surface area (Å²) >= 11 is 0. The van der Waals surface area contributed by atoms with Gasteiger partial charge in [-0.05, 0) is 29.8 Å². The average Bonchev–Trinajstić information content (AvgIpc) is 2.68. The van der Waals surface area contributed by atoms with Crippen molar-refractivity contribution in [3.63, 3.8) is 0 Å². The van der Waals surface area contributed by atoms with Crippen molar-refractivity contribution in [2.75, 3.05) is 0 Å². The fourth-order valence-electron chi connectivity index (χ4n) is 2.19. The summed E-state index contributed by atoms with van der Waals surface area (Å²) in [7, 11) is 0. The molecule has 8 heteroatoms. The first-order chi connectivity index (χ1) is 13.0. The van der Waals surface area contributed by atoms with E-state index in [0.717, 1.165) is 6.08 Å². The van der Waals surface area contributed by atoms with Gasteiger partial charge in [0.15, 0.2) is 0 Å². The first-order valence-electron chi connectivity index (χ1n) is 7.96. The molecular weight excluding hydrogens is 352 g/mol. The lowest BCUT2D eigenvalue weighted by Gasteiger charge is -2.17. The highest BCUT2D eigenvalue weighted by atomic mass is 16.6. The van der Waals surface area contributed by atoms with Crippen LogP contribution in [0.2, 0.25) is 0 Å². The van der Waals surface area contributed by atoms with Crippen molar-refractivity contribution in [1.82, 2.24) is 10.8 Å². The van der Waals surface area contributed by atoms with E-state index in [1.165, 1.54) is 23.7 Å². The predicted octanol–water partition coefficient (Wildman–Crippen LogP) is 2.45. The van der Waals surface area contributed by atoms with Crippen LogP contribution in [0.1, 0.15) is 28.4 Å². The number of amides is 3. The largest absolute Gasteiger partial charge is 0.508 e. The standard InChI is InChI=1S/C19H18N2O6/c22-15-11-9-13(10-12-15)16(7-4-8-17(23)21-26)27-19(25)20-18(24)14-5-2-1-3-6-14/h1-6,8-12,16,22,26H,7H2,(H,21,23)(H,20,24,25)/b8-4+/t16-/m0/s1. The minimum Gasteiger partial charge on any atom is -0.508 e. The number of ether oxygens (including phenoxy) is 1. The second-order valence-electron chi connectivity index (χ2n) is 5.42. The van der Waals surface area contributed by atoms with Crippen LogP contribution in [0.3, 0.4) is 0 Å². The van der Waals surface area contributed by atoms with Gasteiger partial charge < -0.3 is 9.84 Å². The number of rotatable bonds is 6. The summed E-state index contributed by atoms with van der Waals surface area (Å²) in [6.07, 6.45) is 0.795. The van der Waals surface area contributed by atoms with Gasteiger partial charge in [0, 0.05) is 18.1 Å². The van der Waals surface area contributed by atoms with Gasteiger partial charge in [-0.15, -0.1) is 0 Å². The van der Waals surface area contributed by atoms with Crippen molar-refractivity contribution in [3.05, 3.63) is 77.9 Å². The summed E-state index contributed by atoms with van der Waals surface area (Å²) in [5.41, 5.74) is 2.29. The Bertz CT molecular complexity index is 818. The number of benzene rings is 2. The molecule has 0 spiro atoms. The van der Waals surface area contributed by atoms with Crippen molar-refractivity contribution in [1.29, 1.82) is 0 Å². The summed E-state index contributed by atoms with van der Waals surface area (Å²) in [5.74, 6) is -1.31. The second-order valence-corrected chi connectivity index (χ2v) is 5.42. The van der Waals surface area contributed by atoms with Gasteiger partial charge in [-0.25, -0.2) is 10.3 Å². The Balaban J connectivity index is 2.07. The molecule has 0 saturated heterocycles. The molecule has 8 nitrogen and oxygen atoms in total. The van der Waals surface area contributed by atoms with E-state index in [1.54, 1.807) is 42.5 Å². The summed E-state index contributed by atoms with van der Waals surface area (Å²) in [6.45, 7) is 0. The smallest absolute Gasteiger partial charge is 0.414 e. The molecule has 0 aromatic heterocycles. The molecule has 0 aliphatic carbocycles. The molecular formula is C19H18N2O6. The van der Waals surface area contributed by atoms with Crippen LogP contribution in [0.5, 0.6) is 5.75 Å². The predicted molar refractivity (Wildman–Crippen MR) is 94.9 cm³/mol. The Kier molecular flexibility index (Phi) is 7.09. The van der Waals surface area contributed by atoms with Crippen LogP contribution in [0.25, 0.3) is 0 Å². The van der Waals surface area contributed by atoms with Gasteiger partial charge in [0.05, 0.1) is 0 Å². The molecule has 2 rings (SSSR count). The third-order valence-electron chi connectivity index (χ3n) is 3.50. The molecule has 0 bridgehead atoms. The molecule has 0 saturated carbocycles. The summed E-state index contributed by atoms with van der Waals surface area (Å²) in [5, 5.41) is 20.0. The number of carbonyl (C=O) groups is 3. The van der Waals surface area contributed by atoms with E-state index in [9.17, 15) is 19.5 Å². The summed E-state index contributed by atoms with van der Waals surface area (Å²) < 4.78 is 5.29. The van der Waals surface area contributed by atoms with E-state index < -0.39 is 24.0 Å². The van der Waals surface area contributed by atoms with Gasteiger partial charge in [0.1, 0.15) is 11.9 Å². The van der Waals surface area contributed by atoms with Gasteiger partial charge in [-0.1, -0.05) is 36.4 Å². The van der Waals surface area contributed by atoms with E-state index in [0.29, 0.717) is 11.1 Å². The maximum absolute atomic E-state index is 12.1. The normalized spacial score (nSPS) is 11.6. The van der Waals surface area contributed by atoms with Crippen molar-refractivity contribution in [2.24, 2.45) is 0 Å². The van der Waals surface area contributed by atoms with Gasteiger partial charge >= 0.3 is 6.09 Å². The van der Waals surface area contributed by atoms with Crippen molar-refractivity contribution >= 4 is 17.9 Å². The number of carbonyl (C=O) groups excluding carboxylic acids is 3. The highest BCUT2D eigenvalue weighted by molar-refractivity contribution is 6.02. The minimum atomic E-state index is -0.957. The molecule has 2 aromatic carbocycles. The lowest BCUT2D eigenvalue weighted by molar-refractivity contribution is -0.124. The van der Waals surface area contributed by atoms with Crippen LogP contribution in [0.15, 0.2) is 66.7 Å². The van der Waals surface area contributed by atoms with E-state index in [4.69, 9.17) is 9.94 Å². The molecule has 0 heterocycles. The first-order valence-corrected chi connectivity index (χ1v) is 7.96. The number of phenols is 1. The van der Waals surface area contributed by atoms with E-state index >= 15 is 0 Å². The summed E-state index contributed by atoms with van der Waals surface area (Å²) in [4.78, 5) is 35.2. The van der Waals surface area contributed by atoms with Crippen molar-refractivity contribution in [2.45, 2.75) is 12.5 Å². The Morgan fingerprint density at radius 2 is 1.70 bits per heavy atom. The van der Waals surface area contributed by atoms with Gasteiger partial charge in [0.25, 0.3) is 11.8 Å². The second kappa shape index (κ2) is 9.73. The zero-order valence-corrected chi connectivity index (χ0v) is 14.2. The van der Waals surface area contributed by atoms with E-state index in [2.05, 4.69) is 5.32 Å². The number of imide groups is 1. The molecule has 27 heavy (non-hydrogen) atoms. The van der Waals surface area contributed by atoms with Crippen LogP contribution < -0.4 is 10.8 Å². The van der Waals surface area contributed by atoms with Crippen LogP contribution in [0.4, 0.5) is 4.79 Å². The number of hydrogen-bond donors (Lipinski definition) is 4. The third kappa shape index (κ3) is 6.29. The topological polar surface area (TPSA) is 125 Å². The number of hydrogen-bond acceptors (Lipinski definition) is 6. The van der Waals surface area contributed by atoms with E-state index in [1.807, 2.05) is 0 Å². The minimum absolute atomic E-state index is 0.0383. The monoisotopic (exact) mass is 370 g/mol. The van der Waals surface area contributed by atoms with Crippen LogP contribution >= 0.6 is 0 Å². The first kappa shape index (κ1) is 19.7. The molecule has 2 aromatic rings. The molecule has 0 radical (unpaired) electrons. The number of alkyl carbamates (subject to hydrolysis) is 1. The molecule has 0 aliphatic heterocycles. The zero-order valence-electron chi connectivity index (χ0n) is 14.2. The van der Waals surface area contributed by atoms with Crippen LogP contribution in [0, 0.1) is 0 Å². The van der Waals surface area contributed by atoms with Gasteiger partial charge in [-0.3, -0.25) is 20.1 Å². The highest BCUT2D eigenvalue weighted by Gasteiger charge is 2.18. The lowest BCUT2D eigenvalue weighted by Crippen LogP contribution is -2.32. The van der Waals surface area contributed by atoms with Crippen LogP contribution in [-0.4, -0.2) is 28.2 Å². The molecule has 0 fully saturated rings. The fourth-order valence-corrected chi connectivity index (χ4v) is 2.19. The number of phenolic OH excluding ortho intramolecular Hbond substituents is 1. The maximum Gasteiger partial charge on any atom is 0.414 e. The molecule has 0 unspecified atom stereocenters. The molecule has 4 N–H and O–H groups in total.